The lowest BCUT2D eigenvalue weighted by Crippen LogP contribution is -2.50. The van der Waals surface area contributed by atoms with Crippen molar-refractivity contribution in [2.24, 2.45) is 10.9 Å². The maximum absolute atomic E-state index is 13.0. The average Bonchev–Trinajstić information content (AvgIpc) is 3.21. The lowest BCUT2D eigenvalue weighted by molar-refractivity contribution is 0.150. The Morgan fingerprint density at radius 1 is 1.28 bits per heavy atom. The van der Waals surface area contributed by atoms with Crippen LogP contribution in [0, 0.1) is 11.7 Å². The van der Waals surface area contributed by atoms with Gasteiger partial charge in [0.05, 0.1) is 13.2 Å². The van der Waals surface area contributed by atoms with Gasteiger partial charge in [0.1, 0.15) is 17.7 Å². The number of nitrogens with zero attached hydrogens (tertiary/aromatic N) is 2. The van der Waals surface area contributed by atoms with Crippen molar-refractivity contribution in [2.75, 3.05) is 46.4 Å². The number of nitrogens with one attached hydrogen (secondary N) is 2. The summed E-state index contributed by atoms with van der Waals surface area (Å²) in [6.45, 7) is 7.86. The molecule has 2 atom stereocenters. The SMILES string of the molecule is CN=C(NCC(C)Oc1ccc(F)cc1)NC1CCN(CC2CCOC2)CC1.I. The van der Waals surface area contributed by atoms with Crippen LogP contribution >= 0.6 is 24.0 Å². The average molecular weight is 520 g/mol. The molecule has 0 saturated carbocycles. The summed E-state index contributed by atoms with van der Waals surface area (Å²) in [5.41, 5.74) is 0. The molecule has 2 fully saturated rings. The molecule has 0 aliphatic carbocycles. The minimum absolute atomic E-state index is 0. The quantitative estimate of drug-likeness (QED) is 0.329. The number of ether oxygens (including phenoxy) is 2. The van der Waals surface area contributed by atoms with Gasteiger partial charge < -0.3 is 25.0 Å². The van der Waals surface area contributed by atoms with Gasteiger partial charge in [0.25, 0.3) is 0 Å². The molecular formula is C21H34FIN4O2. The number of guanidine groups is 1. The summed E-state index contributed by atoms with van der Waals surface area (Å²) in [7, 11) is 1.79. The number of hydrogen-bond donors (Lipinski definition) is 2. The normalized spacial score (nSPS) is 22.0. The van der Waals surface area contributed by atoms with Crippen LogP contribution in [-0.4, -0.2) is 69.4 Å². The molecular weight excluding hydrogens is 486 g/mol. The Hall–Kier alpha value is -1.13. The fourth-order valence-electron chi connectivity index (χ4n) is 3.77. The second-order valence-corrected chi connectivity index (χ2v) is 7.78. The zero-order valence-corrected chi connectivity index (χ0v) is 19.7. The maximum atomic E-state index is 13.0. The van der Waals surface area contributed by atoms with Gasteiger partial charge in [-0.15, -0.1) is 24.0 Å². The second kappa shape index (κ2) is 12.5. The fraction of sp³-hybridized carbons (Fsp3) is 0.667. The van der Waals surface area contributed by atoms with E-state index in [4.69, 9.17) is 9.47 Å². The molecule has 2 aliphatic heterocycles. The zero-order chi connectivity index (χ0) is 19.8. The van der Waals surface area contributed by atoms with Crippen molar-refractivity contribution in [2.45, 2.75) is 38.3 Å². The van der Waals surface area contributed by atoms with Crippen molar-refractivity contribution in [3.8, 4) is 5.75 Å². The van der Waals surface area contributed by atoms with Crippen molar-refractivity contribution < 1.29 is 13.9 Å². The first-order valence-electron chi connectivity index (χ1n) is 10.3. The van der Waals surface area contributed by atoms with Crippen molar-refractivity contribution in [3.63, 3.8) is 0 Å². The molecule has 1 aromatic carbocycles. The van der Waals surface area contributed by atoms with Crippen LogP contribution in [0.4, 0.5) is 4.39 Å². The third-order valence-corrected chi connectivity index (χ3v) is 5.40. The largest absolute Gasteiger partial charge is 0.489 e. The van der Waals surface area contributed by atoms with E-state index in [1.54, 1.807) is 19.2 Å². The predicted octanol–water partition coefficient (Wildman–Crippen LogP) is 2.88. The van der Waals surface area contributed by atoms with Crippen molar-refractivity contribution in [1.29, 1.82) is 0 Å². The molecule has 164 valence electrons. The van der Waals surface area contributed by atoms with Crippen LogP contribution in [0.15, 0.2) is 29.3 Å². The Morgan fingerprint density at radius 3 is 2.62 bits per heavy atom. The summed E-state index contributed by atoms with van der Waals surface area (Å²) in [5.74, 6) is 1.92. The van der Waals surface area contributed by atoms with E-state index >= 15 is 0 Å². The van der Waals surface area contributed by atoms with Crippen LogP contribution < -0.4 is 15.4 Å². The van der Waals surface area contributed by atoms with Crippen LogP contribution in [0.25, 0.3) is 0 Å². The molecule has 0 spiro atoms. The number of hydrogen-bond acceptors (Lipinski definition) is 4. The van der Waals surface area contributed by atoms with Gasteiger partial charge in [0.2, 0.25) is 0 Å². The molecule has 2 saturated heterocycles. The smallest absolute Gasteiger partial charge is 0.191 e. The highest BCUT2D eigenvalue weighted by molar-refractivity contribution is 14.0. The molecule has 8 heteroatoms. The number of rotatable bonds is 7. The van der Waals surface area contributed by atoms with Gasteiger partial charge in [0.15, 0.2) is 5.96 Å². The van der Waals surface area contributed by atoms with Gasteiger partial charge in [-0.2, -0.15) is 0 Å². The van der Waals surface area contributed by atoms with E-state index in [0.29, 0.717) is 24.3 Å². The molecule has 0 aromatic heterocycles. The summed E-state index contributed by atoms with van der Waals surface area (Å²) < 4.78 is 24.3. The van der Waals surface area contributed by atoms with E-state index in [1.807, 2.05) is 6.92 Å². The van der Waals surface area contributed by atoms with Crippen LogP contribution in [0.2, 0.25) is 0 Å². The standard InChI is InChI=1S/C21H33FN4O2.HI/c1-16(28-20-5-3-18(22)4-6-20)13-24-21(23-2)25-19-7-10-26(11-8-19)14-17-9-12-27-15-17;/h3-6,16-17,19H,7-15H2,1-2H3,(H2,23,24,25);1H. The Balaban J connectivity index is 0.00000300. The number of aliphatic imine (C=N–C) groups is 1. The highest BCUT2D eigenvalue weighted by Gasteiger charge is 2.24. The molecule has 6 nitrogen and oxygen atoms in total. The monoisotopic (exact) mass is 520 g/mol. The molecule has 0 bridgehead atoms. The summed E-state index contributed by atoms with van der Waals surface area (Å²) in [6.07, 6.45) is 3.39. The van der Waals surface area contributed by atoms with Gasteiger partial charge >= 0.3 is 0 Å². The molecule has 29 heavy (non-hydrogen) atoms. The number of likely N-dealkylation sites (tertiary alicyclic amines) is 1. The third-order valence-electron chi connectivity index (χ3n) is 5.40. The van der Waals surface area contributed by atoms with Crippen LogP contribution in [0.3, 0.4) is 0 Å². The van der Waals surface area contributed by atoms with Gasteiger partial charge in [-0.25, -0.2) is 4.39 Å². The first-order chi connectivity index (χ1) is 13.6. The number of piperidine rings is 1. The highest BCUT2D eigenvalue weighted by atomic mass is 127. The van der Waals surface area contributed by atoms with Crippen LogP contribution in [0.5, 0.6) is 5.75 Å². The van der Waals surface area contributed by atoms with Crippen LogP contribution in [0.1, 0.15) is 26.2 Å². The Morgan fingerprint density at radius 2 is 2.00 bits per heavy atom. The zero-order valence-electron chi connectivity index (χ0n) is 17.4. The minimum atomic E-state index is -0.259. The lowest BCUT2D eigenvalue weighted by atomic mass is 10.0. The molecule has 0 radical (unpaired) electrons. The molecule has 2 heterocycles. The first-order valence-corrected chi connectivity index (χ1v) is 10.3. The van der Waals surface area contributed by atoms with Crippen molar-refractivity contribution >= 4 is 29.9 Å². The van der Waals surface area contributed by atoms with Gasteiger partial charge in [-0.1, -0.05) is 0 Å². The Labute approximate surface area is 190 Å². The molecule has 3 rings (SSSR count). The van der Waals surface area contributed by atoms with E-state index in [0.717, 1.165) is 51.6 Å². The summed E-state index contributed by atoms with van der Waals surface area (Å²) in [4.78, 5) is 6.90. The van der Waals surface area contributed by atoms with E-state index in [2.05, 4.69) is 20.5 Å². The Bertz CT molecular complexity index is 618. The minimum Gasteiger partial charge on any atom is -0.489 e. The lowest BCUT2D eigenvalue weighted by Gasteiger charge is -2.34. The van der Waals surface area contributed by atoms with Crippen molar-refractivity contribution in [3.05, 3.63) is 30.1 Å². The second-order valence-electron chi connectivity index (χ2n) is 7.78. The summed E-state index contributed by atoms with van der Waals surface area (Å²) >= 11 is 0. The highest BCUT2D eigenvalue weighted by Crippen LogP contribution is 2.17. The Kier molecular flexibility index (Phi) is 10.4. The van der Waals surface area contributed by atoms with Crippen molar-refractivity contribution in [1.82, 2.24) is 15.5 Å². The topological polar surface area (TPSA) is 58.1 Å². The summed E-state index contributed by atoms with van der Waals surface area (Å²) in [6, 6.07) is 6.54. The molecule has 0 amide bonds. The van der Waals surface area contributed by atoms with Gasteiger partial charge in [0, 0.05) is 39.3 Å². The van der Waals surface area contributed by atoms with Gasteiger partial charge in [-0.05, 0) is 56.4 Å². The fourth-order valence-corrected chi connectivity index (χ4v) is 3.77. The first kappa shape index (κ1) is 24.1. The van der Waals surface area contributed by atoms with Crippen LogP contribution in [-0.2, 0) is 4.74 Å². The van der Waals surface area contributed by atoms with E-state index < -0.39 is 0 Å². The van der Waals surface area contributed by atoms with Gasteiger partial charge in [-0.3, -0.25) is 4.99 Å². The molecule has 2 aliphatic rings. The predicted molar refractivity (Wildman–Crippen MR) is 125 cm³/mol. The molecule has 2 N–H and O–H groups in total. The third kappa shape index (κ3) is 8.25. The summed E-state index contributed by atoms with van der Waals surface area (Å²) in [5, 5.41) is 6.86. The maximum Gasteiger partial charge on any atom is 0.191 e. The molecule has 1 aromatic rings. The number of benzene rings is 1. The number of halogens is 2. The van der Waals surface area contributed by atoms with E-state index in [1.165, 1.54) is 18.6 Å². The van der Waals surface area contributed by atoms with E-state index in [9.17, 15) is 4.39 Å². The molecule has 2 unspecified atom stereocenters. The van der Waals surface area contributed by atoms with E-state index in [-0.39, 0.29) is 35.9 Å².